The Morgan fingerprint density at radius 3 is 2.21 bits per heavy atom. The van der Waals surface area contributed by atoms with Crippen molar-refractivity contribution in [3.8, 4) is 33.8 Å². The number of ether oxygens (including phenoxy) is 1. The third-order valence-corrected chi connectivity index (χ3v) is 9.67. The summed E-state index contributed by atoms with van der Waals surface area (Å²) in [4.78, 5) is 40.3. The molecule has 294 valence electrons. The number of carboxylic acids is 1. The molecule has 0 spiro atoms. The number of aryl methyl sites for hydroxylation is 1. The Bertz CT molecular complexity index is 2440. The first-order valence-electron chi connectivity index (χ1n) is 18.9. The second-order valence-electron chi connectivity index (χ2n) is 14.1. The van der Waals surface area contributed by atoms with Crippen LogP contribution in [0.4, 0.5) is 10.5 Å². The fourth-order valence-corrected chi connectivity index (χ4v) is 6.38. The fraction of sp³-hybridized carbons (Fsp3) is 0.302. The second kappa shape index (κ2) is 17.8. The molecule has 1 aliphatic carbocycles. The number of hydrogen-bond donors (Lipinski definition) is 3. The number of carboxylic acid groups (broad SMARTS) is 1. The van der Waals surface area contributed by atoms with E-state index in [0.717, 1.165) is 40.4 Å². The molecule has 0 saturated heterocycles. The van der Waals surface area contributed by atoms with Crippen LogP contribution in [-0.4, -0.2) is 84.8 Å². The Balaban J connectivity index is 1.03. The van der Waals surface area contributed by atoms with Crippen LogP contribution in [0.15, 0.2) is 83.3 Å². The largest absolute Gasteiger partial charge is 0.478 e. The normalized spacial score (nSPS) is 11.6. The van der Waals surface area contributed by atoms with Crippen LogP contribution in [0.5, 0.6) is 0 Å². The van der Waals surface area contributed by atoms with Crippen molar-refractivity contribution in [1.82, 2.24) is 35.6 Å². The van der Waals surface area contributed by atoms with Gasteiger partial charge in [0.15, 0.2) is 6.10 Å². The quantitative estimate of drug-likeness (QED) is 0.0654. The van der Waals surface area contributed by atoms with Crippen LogP contribution in [0.2, 0.25) is 0 Å². The van der Waals surface area contributed by atoms with Gasteiger partial charge < -0.3 is 29.8 Å². The van der Waals surface area contributed by atoms with E-state index in [1.54, 1.807) is 19.1 Å². The summed E-state index contributed by atoms with van der Waals surface area (Å²) in [5.74, 6) is -0.339. The number of nitrogens with one attached hydrogen (secondary N) is 2. The lowest BCUT2D eigenvalue weighted by molar-refractivity contribution is 0.0697. The van der Waals surface area contributed by atoms with E-state index >= 15 is 0 Å². The number of anilines is 1. The molecule has 0 fully saturated rings. The van der Waals surface area contributed by atoms with Crippen molar-refractivity contribution >= 4 is 34.6 Å². The third kappa shape index (κ3) is 9.40. The first-order chi connectivity index (χ1) is 27.4. The summed E-state index contributed by atoms with van der Waals surface area (Å²) in [6.07, 6.45) is 1.59. The van der Waals surface area contributed by atoms with Crippen molar-refractivity contribution in [1.29, 1.82) is 0 Å². The van der Waals surface area contributed by atoms with Crippen LogP contribution in [0.3, 0.4) is 0 Å². The zero-order chi connectivity index (χ0) is 40.6. The summed E-state index contributed by atoms with van der Waals surface area (Å²) in [7, 11) is 7.77. The van der Waals surface area contributed by atoms with E-state index < -0.39 is 18.2 Å². The van der Waals surface area contributed by atoms with Gasteiger partial charge in [-0.25, -0.2) is 14.2 Å². The number of aromatic nitrogens is 4. The molecule has 3 aromatic carbocycles. The van der Waals surface area contributed by atoms with Gasteiger partial charge in [0.2, 0.25) is 17.0 Å². The molecule has 1 aliphatic heterocycles. The molecule has 4 aromatic rings. The molecule has 1 atom stereocenters. The Morgan fingerprint density at radius 2 is 1.54 bits per heavy atom. The molecule has 0 saturated carbocycles. The maximum atomic E-state index is 13.2. The summed E-state index contributed by atoms with van der Waals surface area (Å²) < 4.78 is 13.8. The predicted molar refractivity (Wildman–Crippen MR) is 218 cm³/mol. The number of unbranched alkanes of at least 4 members (excludes halogenated alkanes) is 2. The number of amides is 2. The van der Waals surface area contributed by atoms with Crippen LogP contribution in [0.25, 0.3) is 44.8 Å². The van der Waals surface area contributed by atoms with Crippen molar-refractivity contribution in [2.45, 2.75) is 45.6 Å². The van der Waals surface area contributed by atoms with Gasteiger partial charge in [-0.3, -0.25) is 4.79 Å². The Labute approximate surface area is 330 Å². The Morgan fingerprint density at radius 1 is 0.842 bits per heavy atom. The van der Waals surface area contributed by atoms with Gasteiger partial charge in [-0.2, -0.15) is 0 Å². The lowest BCUT2D eigenvalue weighted by Crippen LogP contribution is -2.27. The van der Waals surface area contributed by atoms with Gasteiger partial charge in [-0.15, -0.1) is 20.4 Å². The van der Waals surface area contributed by atoms with Gasteiger partial charge in [0, 0.05) is 72.6 Å². The molecule has 1 aromatic heterocycles. The number of carbonyl (C=O) groups excluding carboxylic acids is 2. The maximum Gasteiger partial charge on any atom is 0.407 e. The molecule has 2 aliphatic rings. The summed E-state index contributed by atoms with van der Waals surface area (Å²) in [6, 6.07) is 24.3. The summed E-state index contributed by atoms with van der Waals surface area (Å²) in [5.41, 5.74) is 5.74. The van der Waals surface area contributed by atoms with Crippen molar-refractivity contribution in [2.24, 2.45) is 0 Å². The van der Waals surface area contributed by atoms with Gasteiger partial charge in [-0.1, -0.05) is 37.3 Å². The third-order valence-electron chi connectivity index (χ3n) is 9.67. The van der Waals surface area contributed by atoms with Crippen LogP contribution in [0.1, 0.15) is 71.3 Å². The topological polar surface area (TPSA) is 176 Å². The van der Waals surface area contributed by atoms with Crippen LogP contribution < -0.4 is 25.5 Å². The van der Waals surface area contributed by atoms with Crippen molar-refractivity contribution in [2.75, 3.05) is 46.2 Å². The number of fused-ring (bicyclic) bond motifs is 2. The van der Waals surface area contributed by atoms with Gasteiger partial charge in [0.25, 0.3) is 5.91 Å². The van der Waals surface area contributed by atoms with Crippen molar-refractivity contribution in [3.63, 3.8) is 0 Å². The highest BCUT2D eigenvalue weighted by molar-refractivity contribution is 6.09. The zero-order valence-electron chi connectivity index (χ0n) is 33.0. The first-order valence-corrected chi connectivity index (χ1v) is 18.9. The van der Waals surface area contributed by atoms with E-state index in [0.29, 0.717) is 54.2 Å². The lowest BCUT2D eigenvalue weighted by atomic mass is 9.89. The number of aromatic carboxylic acids is 1. The van der Waals surface area contributed by atoms with E-state index in [9.17, 15) is 19.5 Å². The highest BCUT2D eigenvalue weighted by atomic mass is 16.6. The minimum absolute atomic E-state index is 0.00541. The molecule has 0 bridgehead atoms. The van der Waals surface area contributed by atoms with Crippen LogP contribution in [-0.2, 0) is 11.2 Å². The SMILES string of the molecule is CCc1ccc(-c2nnc(C(C)OC(=O)NCCCCCNC(=O)c3ccc(-c4c5ccc(=[N+](C)C)cc-5oc5cc(N(C)C)ccc45)c(C(=O)O)c3)nn2)cc1. The molecule has 0 radical (unpaired) electrons. The molecule has 2 heterocycles. The molecule has 3 N–H and O–H groups in total. The standard InChI is InChI=1S/C43H46N8O6/c1-7-27-11-13-28(14-12-27)40-48-46-39(47-49-40)26(2)56-43(55)45-22-10-8-9-21-44-41(52)29-15-18-32(35(23-29)42(53)54)38-33-19-16-30(50(3)4)24-36(33)57-37-25-31(51(5)6)17-20-34(37)38/h11-20,23-26H,7-10,21-22H2,1-6H3,(H2-,44,45,52,53,54,55)/p+1. The predicted octanol–water partition coefficient (Wildman–Crippen LogP) is 6.20. The van der Waals surface area contributed by atoms with E-state index in [-0.39, 0.29) is 22.9 Å². The number of benzene rings is 4. The number of alkyl carbamates (subject to hydrolysis) is 1. The zero-order valence-corrected chi connectivity index (χ0v) is 33.0. The van der Waals surface area contributed by atoms with Gasteiger partial charge in [0.1, 0.15) is 25.4 Å². The molecule has 2 amide bonds. The summed E-state index contributed by atoms with van der Waals surface area (Å²) >= 11 is 0. The molecule has 1 unspecified atom stereocenters. The highest BCUT2D eigenvalue weighted by Gasteiger charge is 2.24. The second-order valence-corrected chi connectivity index (χ2v) is 14.1. The summed E-state index contributed by atoms with van der Waals surface area (Å²) in [6.45, 7) is 4.47. The molecule has 6 rings (SSSR count). The average Bonchev–Trinajstić information content (AvgIpc) is 3.21. The maximum absolute atomic E-state index is 13.2. The van der Waals surface area contributed by atoms with Crippen LogP contribution in [0, 0.1) is 0 Å². The van der Waals surface area contributed by atoms with Crippen LogP contribution >= 0.6 is 0 Å². The molecular formula is C43H47N8O6+. The number of rotatable bonds is 14. The average molecular weight is 772 g/mol. The van der Waals surface area contributed by atoms with Crippen molar-refractivity contribution in [3.05, 3.63) is 107 Å². The van der Waals surface area contributed by atoms with E-state index in [4.69, 9.17) is 9.15 Å². The smallest absolute Gasteiger partial charge is 0.407 e. The van der Waals surface area contributed by atoms with E-state index in [1.807, 2.05) is 98.3 Å². The fourth-order valence-electron chi connectivity index (χ4n) is 6.38. The molecule has 57 heavy (non-hydrogen) atoms. The number of carbonyl (C=O) groups is 3. The van der Waals surface area contributed by atoms with Gasteiger partial charge in [0.05, 0.1) is 11.6 Å². The minimum atomic E-state index is -1.15. The van der Waals surface area contributed by atoms with E-state index in [2.05, 4.69) is 38.0 Å². The van der Waals surface area contributed by atoms with Gasteiger partial charge >= 0.3 is 12.1 Å². The molecular weight excluding hydrogens is 725 g/mol. The highest BCUT2D eigenvalue weighted by Crippen LogP contribution is 2.42. The van der Waals surface area contributed by atoms with E-state index in [1.165, 1.54) is 11.6 Å². The Hall–Kier alpha value is -6.70. The van der Waals surface area contributed by atoms with Crippen molar-refractivity contribution < 1.29 is 28.6 Å². The minimum Gasteiger partial charge on any atom is -0.478 e. The molecule has 14 heteroatoms. The molecule has 14 nitrogen and oxygen atoms in total. The lowest BCUT2D eigenvalue weighted by Gasteiger charge is -2.19. The number of hydrogen-bond acceptors (Lipinski definition) is 10. The number of nitrogens with zero attached hydrogens (tertiary/aromatic N) is 6. The first kappa shape index (κ1) is 40.0. The van der Waals surface area contributed by atoms with Gasteiger partial charge in [-0.05, 0) is 74.1 Å². The Kier molecular flexibility index (Phi) is 12.5. The summed E-state index contributed by atoms with van der Waals surface area (Å²) in [5, 5.41) is 34.1. The monoisotopic (exact) mass is 771 g/mol.